The monoisotopic (exact) mass is 291 g/mol. The summed E-state index contributed by atoms with van der Waals surface area (Å²) in [4.78, 5) is 5.07. The molecule has 2 saturated heterocycles. The topological polar surface area (TPSA) is 32.5 Å². The summed E-state index contributed by atoms with van der Waals surface area (Å²) in [5.41, 5.74) is 7.73. The standard InChI is InChI=1S/C17H26FN3/c1-13-5-6-14(10-16(13)18)17(11-19)21-9-8-20-7-3-2-4-15(20)12-21/h5-6,10,15,17H,2-4,7-9,11-12,19H2,1H3. The van der Waals surface area contributed by atoms with Crippen LogP contribution in [-0.2, 0) is 0 Å². The van der Waals surface area contributed by atoms with E-state index in [0.717, 1.165) is 25.2 Å². The van der Waals surface area contributed by atoms with Crippen molar-refractivity contribution in [3.8, 4) is 0 Å². The first-order valence-corrected chi connectivity index (χ1v) is 8.13. The lowest BCUT2D eigenvalue weighted by atomic mass is 9.96. The van der Waals surface area contributed by atoms with E-state index < -0.39 is 0 Å². The van der Waals surface area contributed by atoms with Gasteiger partial charge in [-0.2, -0.15) is 0 Å². The van der Waals surface area contributed by atoms with Gasteiger partial charge in [0.25, 0.3) is 0 Å². The lowest BCUT2D eigenvalue weighted by Gasteiger charge is -2.46. The van der Waals surface area contributed by atoms with E-state index in [1.807, 2.05) is 12.1 Å². The summed E-state index contributed by atoms with van der Waals surface area (Å²) in [5.74, 6) is -0.123. The van der Waals surface area contributed by atoms with Crippen molar-refractivity contribution in [2.75, 3.05) is 32.7 Å². The van der Waals surface area contributed by atoms with Gasteiger partial charge in [-0.3, -0.25) is 9.80 Å². The molecular formula is C17H26FN3. The Morgan fingerprint density at radius 1 is 1.29 bits per heavy atom. The van der Waals surface area contributed by atoms with Gasteiger partial charge in [0.05, 0.1) is 0 Å². The van der Waals surface area contributed by atoms with Gasteiger partial charge < -0.3 is 5.73 Å². The molecule has 2 heterocycles. The van der Waals surface area contributed by atoms with Crippen molar-refractivity contribution < 1.29 is 4.39 Å². The van der Waals surface area contributed by atoms with Crippen LogP contribution in [0.4, 0.5) is 4.39 Å². The summed E-state index contributed by atoms with van der Waals surface area (Å²) in [6.07, 6.45) is 3.96. The molecule has 3 nitrogen and oxygen atoms in total. The van der Waals surface area contributed by atoms with E-state index in [1.165, 1.54) is 25.8 Å². The predicted octanol–water partition coefficient (Wildman–Crippen LogP) is 2.30. The fourth-order valence-electron chi connectivity index (χ4n) is 3.78. The Morgan fingerprint density at radius 3 is 2.90 bits per heavy atom. The fourth-order valence-corrected chi connectivity index (χ4v) is 3.78. The maximum absolute atomic E-state index is 13.8. The van der Waals surface area contributed by atoms with E-state index in [-0.39, 0.29) is 11.9 Å². The number of hydrogen-bond donors (Lipinski definition) is 1. The van der Waals surface area contributed by atoms with Crippen molar-refractivity contribution in [2.24, 2.45) is 5.73 Å². The summed E-state index contributed by atoms with van der Waals surface area (Å²) >= 11 is 0. The Balaban J connectivity index is 1.75. The minimum Gasteiger partial charge on any atom is -0.329 e. The van der Waals surface area contributed by atoms with Gasteiger partial charge in [0.2, 0.25) is 0 Å². The molecule has 2 aliphatic rings. The third-order valence-electron chi connectivity index (χ3n) is 5.11. The van der Waals surface area contributed by atoms with Crippen molar-refractivity contribution in [2.45, 2.75) is 38.3 Å². The van der Waals surface area contributed by atoms with Crippen LogP contribution in [0.2, 0.25) is 0 Å². The van der Waals surface area contributed by atoms with Crippen LogP contribution in [0.3, 0.4) is 0 Å². The largest absolute Gasteiger partial charge is 0.329 e. The van der Waals surface area contributed by atoms with E-state index in [4.69, 9.17) is 5.73 Å². The van der Waals surface area contributed by atoms with Gasteiger partial charge >= 0.3 is 0 Å². The predicted molar refractivity (Wildman–Crippen MR) is 83.7 cm³/mol. The Labute approximate surface area is 126 Å². The highest BCUT2D eigenvalue weighted by atomic mass is 19.1. The summed E-state index contributed by atoms with van der Waals surface area (Å²) in [5, 5.41) is 0. The highest BCUT2D eigenvalue weighted by Crippen LogP contribution is 2.28. The van der Waals surface area contributed by atoms with Crippen molar-refractivity contribution in [3.05, 3.63) is 35.1 Å². The van der Waals surface area contributed by atoms with Crippen molar-refractivity contribution in [3.63, 3.8) is 0 Å². The smallest absolute Gasteiger partial charge is 0.126 e. The highest BCUT2D eigenvalue weighted by molar-refractivity contribution is 5.26. The number of piperidine rings is 1. The van der Waals surface area contributed by atoms with E-state index in [9.17, 15) is 4.39 Å². The molecule has 2 fully saturated rings. The minimum atomic E-state index is -0.123. The molecule has 0 aromatic heterocycles. The molecular weight excluding hydrogens is 265 g/mol. The lowest BCUT2D eigenvalue weighted by Crippen LogP contribution is -2.56. The summed E-state index contributed by atoms with van der Waals surface area (Å²) in [6, 6.07) is 6.37. The molecule has 1 aromatic rings. The van der Waals surface area contributed by atoms with Crippen LogP contribution in [0.25, 0.3) is 0 Å². The van der Waals surface area contributed by atoms with Crippen molar-refractivity contribution >= 4 is 0 Å². The Morgan fingerprint density at radius 2 is 2.14 bits per heavy atom. The first kappa shape index (κ1) is 14.9. The Bertz CT molecular complexity index is 491. The van der Waals surface area contributed by atoms with Crippen LogP contribution in [0.15, 0.2) is 18.2 Å². The summed E-state index contributed by atoms with van der Waals surface area (Å²) < 4.78 is 13.8. The Hall–Kier alpha value is -0.970. The zero-order chi connectivity index (χ0) is 14.8. The number of piperazine rings is 1. The molecule has 0 aliphatic carbocycles. The second-order valence-electron chi connectivity index (χ2n) is 6.44. The van der Waals surface area contributed by atoms with E-state index >= 15 is 0 Å². The van der Waals surface area contributed by atoms with Gasteiger partial charge in [-0.1, -0.05) is 18.6 Å². The first-order chi connectivity index (χ1) is 10.2. The van der Waals surface area contributed by atoms with Crippen molar-refractivity contribution in [1.82, 2.24) is 9.80 Å². The van der Waals surface area contributed by atoms with Crippen LogP contribution in [0.5, 0.6) is 0 Å². The molecule has 0 bridgehead atoms. The molecule has 21 heavy (non-hydrogen) atoms. The van der Waals surface area contributed by atoms with E-state index in [1.54, 1.807) is 13.0 Å². The second-order valence-corrected chi connectivity index (χ2v) is 6.44. The number of rotatable bonds is 3. The molecule has 2 aliphatic heterocycles. The SMILES string of the molecule is Cc1ccc(C(CN)N2CCN3CCCCC3C2)cc1F. The van der Waals surface area contributed by atoms with Gasteiger partial charge in [-0.05, 0) is 43.5 Å². The molecule has 1 aromatic carbocycles. The molecule has 0 saturated carbocycles. The average Bonchev–Trinajstić information content (AvgIpc) is 2.51. The van der Waals surface area contributed by atoms with Gasteiger partial charge in [-0.15, -0.1) is 0 Å². The fraction of sp³-hybridized carbons (Fsp3) is 0.647. The van der Waals surface area contributed by atoms with Gasteiger partial charge in [0.1, 0.15) is 5.82 Å². The zero-order valence-corrected chi connectivity index (χ0v) is 12.9. The number of hydrogen-bond acceptors (Lipinski definition) is 3. The minimum absolute atomic E-state index is 0.123. The van der Waals surface area contributed by atoms with E-state index in [0.29, 0.717) is 18.2 Å². The summed E-state index contributed by atoms with van der Waals surface area (Å²) in [6.45, 7) is 6.82. The normalized spacial score (nSPS) is 25.6. The molecule has 0 spiro atoms. The molecule has 2 atom stereocenters. The second kappa shape index (κ2) is 6.42. The van der Waals surface area contributed by atoms with Crippen LogP contribution in [0, 0.1) is 12.7 Å². The molecule has 3 rings (SSSR count). The number of benzene rings is 1. The van der Waals surface area contributed by atoms with Crippen LogP contribution >= 0.6 is 0 Å². The molecule has 2 unspecified atom stereocenters. The van der Waals surface area contributed by atoms with Crippen LogP contribution in [0.1, 0.15) is 36.4 Å². The number of nitrogens with two attached hydrogens (primary N) is 1. The third kappa shape index (κ3) is 3.12. The maximum atomic E-state index is 13.8. The van der Waals surface area contributed by atoms with Crippen molar-refractivity contribution in [1.29, 1.82) is 0 Å². The van der Waals surface area contributed by atoms with Gasteiger partial charge in [0, 0.05) is 38.3 Å². The van der Waals surface area contributed by atoms with Crippen LogP contribution < -0.4 is 5.73 Å². The number of aryl methyl sites for hydroxylation is 1. The molecule has 0 amide bonds. The highest BCUT2D eigenvalue weighted by Gasteiger charge is 2.32. The number of nitrogens with zero attached hydrogens (tertiary/aromatic N) is 2. The molecule has 116 valence electrons. The zero-order valence-electron chi connectivity index (χ0n) is 12.9. The summed E-state index contributed by atoms with van der Waals surface area (Å²) in [7, 11) is 0. The molecule has 4 heteroatoms. The van der Waals surface area contributed by atoms with Gasteiger partial charge in [-0.25, -0.2) is 4.39 Å². The number of fused-ring (bicyclic) bond motifs is 1. The Kier molecular flexibility index (Phi) is 4.57. The van der Waals surface area contributed by atoms with E-state index in [2.05, 4.69) is 9.80 Å². The van der Waals surface area contributed by atoms with Gasteiger partial charge in [0.15, 0.2) is 0 Å². The maximum Gasteiger partial charge on any atom is 0.126 e. The molecule has 0 radical (unpaired) electrons. The third-order valence-corrected chi connectivity index (χ3v) is 5.11. The molecule has 2 N–H and O–H groups in total. The van der Waals surface area contributed by atoms with Crippen LogP contribution in [-0.4, -0.2) is 48.6 Å². The first-order valence-electron chi connectivity index (χ1n) is 8.13. The average molecular weight is 291 g/mol. The lowest BCUT2D eigenvalue weighted by molar-refractivity contribution is 0.0285. The quantitative estimate of drug-likeness (QED) is 0.927. The number of halogens is 1.